The highest BCUT2D eigenvalue weighted by Crippen LogP contribution is 2.42. The predicted molar refractivity (Wildman–Crippen MR) is 93.5 cm³/mol. The summed E-state index contributed by atoms with van der Waals surface area (Å²) in [5.74, 6) is 1.34. The Bertz CT molecular complexity index is 406. The van der Waals surface area contributed by atoms with Gasteiger partial charge in [0.2, 0.25) is 0 Å². The summed E-state index contributed by atoms with van der Waals surface area (Å²) in [6.07, 6.45) is 12.6. The minimum Gasteiger partial charge on any atom is -0.298 e. The maximum Gasteiger partial charge on any atom is 0.0158 e. The average Bonchev–Trinajstić information content (AvgIpc) is 2.92. The summed E-state index contributed by atoms with van der Waals surface area (Å²) in [5, 5.41) is 0. The zero-order chi connectivity index (χ0) is 15.7. The third kappa shape index (κ3) is 4.00. The Morgan fingerprint density at radius 3 is 2.24 bits per heavy atom. The van der Waals surface area contributed by atoms with Crippen LogP contribution in [-0.4, -0.2) is 23.5 Å². The van der Waals surface area contributed by atoms with Gasteiger partial charge >= 0.3 is 0 Å². The van der Waals surface area contributed by atoms with Crippen molar-refractivity contribution in [2.45, 2.75) is 72.8 Å². The normalized spacial score (nSPS) is 24.7. The van der Waals surface area contributed by atoms with Crippen LogP contribution in [0.25, 0.3) is 0 Å². The average molecular weight is 290 g/mol. The van der Waals surface area contributed by atoms with Crippen LogP contribution in [0.4, 0.5) is 0 Å². The van der Waals surface area contributed by atoms with E-state index in [4.69, 9.17) is 0 Å². The largest absolute Gasteiger partial charge is 0.298 e. The van der Waals surface area contributed by atoms with Crippen LogP contribution < -0.4 is 0 Å². The minimum absolute atomic E-state index is 0.329. The standard InChI is InChI=1S/C20H35N/c1-16(2)17-9-11-18(12-10-17)19(3,4)15-20(5,6)21-13-7-8-14-21/h9-11,16,18H,7-8,12-15H2,1-6H3. The van der Waals surface area contributed by atoms with Crippen molar-refractivity contribution in [3.05, 3.63) is 23.8 Å². The molecule has 1 heterocycles. The van der Waals surface area contributed by atoms with Crippen molar-refractivity contribution in [3.8, 4) is 0 Å². The number of rotatable bonds is 5. The molecule has 0 N–H and O–H groups in total. The Labute approximate surface area is 132 Å². The highest BCUT2D eigenvalue weighted by atomic mass is 15.2. The van der Waals surface area contributed by atoms with Crippen molar-refractivity contribution < 1.29 is 0 Å². The van der Waals surface area contributed by atoms with E-state index in [1.807, 2.05) is 0 Å². The van der Waals surface area contributed by atoms with E-state index in [-0.39, 0.29) is 0 Å². The Hall–Kier alpha value is -0.560. The van der Waals surface area contributed by atoms with Crippen molar-refractivity contribution in [3.63, 3.8) is 0 Å². The monoisotopic (exact) mass is 289 g/mol. The lowest BCUT2D eigenvalue weighted by Gasteiger charge is -2.44. The molecule has 0 amide bonds. The van der Waals surface area contributed by atoms with Gasteiger partial charge in [0.25, 0.3) is 0 Å². The highest BCUT2D eigenvalue weighted by molar-refractivity contribution is 5.26. The van der Waals surface area contributed by atoms with E-state index in [1.165, 1.54) is 44.3 Å². The second-order valence-corrected chi connectivity index (χ2v) is 8.73. The summed E-state index contributed by atoms with van der Waals surface area (Å²) < 4.78 is 0. The molecule has 0 aromatic heterocycles. The van der Waals surface area contributed by atoms with E-state index in [2.05, 4.69) is 64.7 Å². The summed E-state index contributed by atoms with van der Waals surface area (Å²) >= 11 is 0. The van der Waals surface area contributed by atoms with Gasteiger partial charge in [0.1, 0.15) is 0 Å². The molecule has 2 rings (SSSR count). The summed E-state index contributed by atoms with van der Waals surface area (Å²) in [5.41, 5.74) is 2.21. The van der Waals surface area contributed by atoms with Crippen molar-refractivity contribution in [2.24, 2.45) is 17.3 Å². The number of allylic oxidation sites excluding steroid dienone is 4. The van der Waals surface area contributed by atoms with Crippen LogP contribution in [0.3, 0.4) is 0 Å². The van der Waals surface area contributed by atoms with Crippen molar-refractivity contribution in [1.82, 2.24) is 4.90 Å². The van der Waals surface area contributed by atoms with Crippen molar-refractivity contribution in [2.75, 3.05) is 13.1 Å². The first-order chi connectivity index (χ1) is 9.72. The molecule has 1 atom stereocenters. The lowest BCUT2D eigenvalue weighted by Crippen LogP contribution is -2.46. The third-order valence-electron chi connectivity index (χ3n) is 5.65. The van der Waals surface area contributed by atoms with Crippen LogP contribution in [0, 0.1) is 17.3 Å². The van der Waals surface area contributed by atoms with Gasteiger partial charge in [-0.15, -0.1) is 0 Å². The molecule has 1 aliphatic heterocycles. The smallest absolute Gasteiger partial charge is 0.0158 e. The molecule has 1 nitrogen and oxygen atoms in total. The SMILES string of the molecule is CC(C)C1=CCC(C(C)(C)CC(C)(C)N2CCCC2)C=C1. The van der Waals surface area contributed by atoms with Crippen LogP contribution >= 0.6 is 0 Å². The zero-order valence-corrected chi connectivity index (χ0v) is 15.1. The first-order valence-corrected chi connectivity index (χ1v) is 8.86. The second-order valence-electron chi connectivity index (χ2n) is 8.73. The van der Waals surface area contributed by atoms with Gasteiger partial charge in [-0.2, -0.15) is 0 Å². The summed E-state index contributed by atoms with van der Waals surface area (Å²) in [4.78, 5) is 2.71. The van der Waals surface area contributed by atoms with Gasteiger partial charge in [0.15, 0.2) is 0 Å². The lowest BCUT2D eigenvalue weighted by molar-refractivity contribution is 0.0750. The summed E-state index contributed by atoms with van der Waals surface area (Å²) in [6.45, 7) is 17.0. The molecule has 21 heavy (non-hydrogen) atoms. The fourth-order valence-electron chi connectivity index (χ4n) is 4.32. The molecule has 1 fully saturated rings. The Balaban J connectivity index is 2.00. The Kier molecular flexibility index (Phi) is 5.03. The highest BCUT2D eigenvalue weighted by Gasteiger charge is 2.38. The van der Waals surface area contributed by atoms with Crippen LogP contribution in [0.2, 0.25) is 0 Å². The molecular weight excluding hydrogens is 254 g/mol. The quantitative estimate of drug-likeness (QED) is 0.652. The van der Waals surface area contributed by atoms with Gasteiger partial charge in [-0.25, -0.2) is 0 Å². The fourth-order valence-corrected chi connectivity index (χ4v) is 4.32. The summed E-state index contributed by atoms with van der Waals surface area (Å²) in [7, 11) is 0. The maximum absolute atomic E-state index is 2.71. The van der Waals surface area contributed by atoms with Crippen LogP contribution in [0.1, 0.15) is 67.2 Å². The van der Waals surface area contributed by atoms with E-state index in [9.17, 15) is 0 Å². The molecule has 0 aromatic rings. The van der Waals surface area contributed by atoms with Crippen molar-refractivity contribution in [1.29, 1.82) is 0 Å². The zero-order valence-electron chi connectivity index (χ0n) is 15.1. The molecule has 1 aliphatic carbocycles. The van der Waals surface area contributed by atoms with Gasteiger partial charge in [0.05, 0.1) is 0 Å². The number of nitrogens with zero attached hydrogens (tertiary/aromatic N) is 1. The van der Waals surface area contributed by atoms with E-state index in [0.29, 0.717) is 22.8 Å². The maximum atomic E-state index is 2.71. The van der Waals surface area contributed by atoms with Crippen LogP contribution in [-0.2, 0) is 0 Å². The summed E-state index contributed by atoms with van der Waals surface area (Å²) in [6, 6.07) is 0. The van der Waals surface area contributed by atoms with Gasteiger partial charge in [0, 0.05) is 5.54 Å². The molecule has 0 spiro atoms. The number of hydrogen-bond acceptors (Lipinski definition) is 1. The van der Waals surface area contributed by atoms with Gasteiger partial charge < -0.3 is 0 Å². The molecule has 1 saturated heterocycles. The molecular formula is C20H35N. The lowest BCUT2D eigenvalue weighted by atomic mass is 9.68. The Morgan fingerprint density at radius 1 is 1.14 bits per heavy atom. The molecule has 1 unspecified atom stereocenters. The molecule has 2 aliphatic rings. The van der Waals surface area contributed by atoms with E-state index in [1.54, 1.807) is 0 Å². The predicted octanol–water partition coefficient (Wildman–Crippen LogP) is 5.44. The number of hydrogen-bond donors (Lipinski definition) is 0. The second kappa shape index (κ2) is 6.28. The van der Waals surface area contributed by atoms with E-state index < -0.39 is 0 Å². The first kappa shape index (κ1) is 16.8. The van der Waals surface area contributed by atoms with E-state index in [0.717, 1.165) is 0 Å². The Morgan fingerprint density at radius 2 is 1.76 bits per heavy atom. The molecule has 1 heteroatoms. The molecule has 120 valence electrons. The van der Waals surface area contributed by atoms with E-state index >= 15 is 0 Å². The van der Waals surface area contributed by atoms with Crippen LogP contribution in [0.15, 0.2) is 23.8 Å². The molecule has 0 bridgehead atoms. The molecule has 0 aromatic carbocycles. The first-order valence-electron chi connectivity index (χ1n) is 8.86. The van der Waals surface area contributed by atoms with Gasteiger partial charge in [-0.05, 0) is 75.4 Å². The fraction of sp³-hybridized carbons (Fsp3) is 0.800. The topological polar surface area (TPSA) is 3.24 Å². The third-order valence-corrected chi connectivity index (χ3v) is 5.65. The van der Waals surface area contributed by atoms with Gasteiger partial charge in [-0.3, -0.25) is 4.90 Å². The van der Waals surface area contributed by atoms with Crippen molar-refractivity contribution >= 4 is 0 Å². The molecule has 0 saturated carbocycles. The van der Waals surface area contributed by atoms with Gasteiger partial charge in [-0.1, -0.05) is 45.9 Å². The number of likely N-dealkylation sites (tertiary alicyclic amines) is 1. The minimum atomic E-state index is 0.329. The molecule has 0 radical (unpaired) electrons. The van der Waals surface area contributed by atoms with Crippen LogP contribution in [0.5, 0.6) is 0 Å².